The van der Waals surface area contributed by atoms with Crippen LogP contribution in [0, 0.1) is 11.7 Å². The van der Waals surface area contributed by atoms with Gasteiger partial charge in [-0.2, -0.15) is 5.10 Å². The Morgan fingerprint density at radius 3 is 2.69 bits per heavy atom. The molecule has 3 fully saturated rings. The number of halogens is 1. The van der Waals surface area contributed by atoms with Crippen molar-refractivity contribution < 1.29 is 13.9 Å². The molecule has 2 atom stereocenters. The van der Waals surface area contributed by atoms with E-state index >= 15 is 0 Å². The van der Waals surface area contributed by atoms with Crippen molar-refractivity contribution in [2.75, 3.05) is 50.9 Å². The maximum absolute atomic E-state index is 13.6. The molecule has 1 aliphatic carbocycles. The van der Waals surface area contributed by atoms with Gasteiger partial charge in [-0.1, -0.05) is 12.1 Å². The molecule has 2 aromatic rings. The van der Waals surface area contributed by atoms with E-state index in [1.165, 1.54) is 6.07 Å². The monoisotopic (exact) mass is 501 g/mol. The molecule has 5 rings (SSSR count). The van der Waals surface area contributed by atoms with Crippen molar-refractivity contribution in [1.82, 2.24) is 19.2 Å². The van der Waals surface area contributed by atoms with Crippen molar-refractivity contribution in [2.24, 2.45) is 5.92 Å². The fourth-order valence-corrected chi connectivity index (χ4v) is 6.32. The van der Waals surface area contributed by atoms with E-state index in [4.69, 9.17) is 9.47 Å². The lowest BCUT2D eigenvalue weighted by Gasteiger charge is -2.40. The Morgan fingerprint density at radius 1 is 1.06 bits per heavy atom. The van der Waals surface area contributed by atoms with E-state index in [0.29, 0.717) is 17.9 Å². The standard InChI is InChI=1S/C26H36FN5O2S/c27-23-4-1-3-21(17-23)20-6-8-24(9-7-20)34-19-22-18-31(26-5-2-11-28-29-26)12-10-25(22)30-35-32-13-15-33-16-14-32/h1-5,11,17,20,22,24-25,30H,6-10,12-16,18-19H2/t20?,22-,24?,25?/m0/s1. The van der Waals surface area contributed by atoms with E-state index in [1.807, 2.05) is 18.2 Å². The molecule has 7 nitrogen and oxygen atoms in total. The van der Waals surface area contributed by atoms with Gasteiger partial charge in [0.25, 0.3) is 0 Å². The molecule has 35 heavy (non-hydrogen) atoms. The topological polar surface area (TPSA) is 62.8 Å². The Bertz CT molecular complexity index is 912. The van der Waals surface area contributed by atoms with E-state index in [2.05, 4.69) is 30.2 Å². The predicted molar refractivity (Wildman–Crippen MR) is 137 cm³/mol. The number of nitrogens with one attached hydrogen (secondary N) is 1. The van der Waals surface area contributed by atoms with Crippen LogP contribution in [0.5, 0.6) is 0 Å². The summed E-state index contributed by atoms with van der Waals surface area (Å²) in [4.78, 5) is 2.33. The fraction of sp³-hybridized carbons (Fsp3) is 0.615. The minimum absolute atomic E-state index is 0.140. The van der Waals surface area contributed by atoms with Crippen LogP contribution < -0.4 is 9.62 Å². The van der Waals surface area contributed by atoms with Gasteiger partial charge in [-0.3, -0.25) is 0 Å². The number of piperidine rings is 1. The summed E-state index contributed by atoms with van der Waals surface area (Å²) in [5, 5.41) is 8.41. The molecule has 1 aromatic heterocycles. The summed E-state index contributed by atoms with van der Waals surface area (Å²) in [5.41, 5.74) is 1.12. The van der Waals surface area contributed by atoms with Crippen molar-refractivity contribution in [2.45, 2.75) is 50.2 Å². The summed E-state index contributed by atoms with van der Waals surface area (Å²) >= 11 is 1.74. The number of hydrogen-bond donors (Lipinski definition) is 1. The molecule has 0 spiro atoms. The van der Waals surface area contributed by atoms with Crippen LogP contribution in [0.2, 0.25) is 0 Å². The highest BCUT2D eigenvalue weighted by Crippen LogP contribution is 2.35. The Kier molecular flexibility index (Phi) is 8.86. The number of benzene rings is 1. The highest BCUT2D eigenvalue weighted by atomic mass is 32.2. The summed E-state index contributed by atoms with van der Waals surface area (Å²) in [7, 11) is 0. The molecule has 190 valence electrons. The Hall–Kier alpha value is -1.78. The van der Waals surface area contributed by atoms with Crippen molar-refractivity contribution in [3.05, 3.63) is 54.0 Å². The highest BCUT2D eigenvalue weighted by Gasteiger charge is 2.32. The van der Waals surface area contributed by atoms with E-state index in [9.17, 15) is 4.39 Å². The van der Waals surface area contributed by atoms with Crippen molar-refractivity contribution in [3.63, 3.8) is 0 Å². The number of anilines is 1. The number of morpholine rings is 1. The Morgan fingerprint density at radius 2 is 1.91 bits per heavy atom. The zero-order valence-corrected chi connectivity index (χ0v) is 21.0. The molecule has 9 heteroatoms. The molecule has 1 aromatic carbocycles. The average molecular weight is 502 g/mol. The van der Waals surface area contributed by atoms with Gasteiger partial charge >= 0.3 is 0 Å². The molecule has 1 saturated carbocycles. The quantitative estimate of drug-likeness (QED) is 0.544. The van der Waals surface area contributed by atoms with Crippen LogP contribution in [0.3, 0.4) is 0 Å². The van der Waals surface area contributed by atoms with Crippen molar-refractivity contribution in [3.8, 4) is 0 Å². The van der Waals surface area contributed by atoms with Crippen molar-refractivity contribution >= 4 is 18.0 Å². The van der Waals surface area contributed by atoms with E-state index in [0.717, 1.165) is 89.5 Å². The number of hydrogen-bond acceptors (Lipinski definition) is 8. The van der Waals surface area contributed by atoms with Gasteiger partial charge < -0.3 is 14.4 Å². The predicted octanol–water partition coefficient (Wildman–Crippen LogP) is 4.04. The van der Waals surface area contributed by atoms with Crippen LogP contribution in [-0.4, -0.2) is 72.6 Å². The first-order valence-electron chi connectivity index (χ1n) is 12.9. The summed E-state index contributed by atoms with van der Waals surface area (Å²) < 4.78 is 31.7. The van der Waals surface area contributed by atoms with Gasteiger partial charge in [0.05, 0.1) is 25.9 Å². The zero-order valence-electron chi connectivity index (χ0n) is 20.2. The molecule has 0 radical (unpaired) electrons. The molecule has 1 unspecified atom stereocenters. The summed E-state index contributed by atoms with van der Waals surface area (Å²) in [6.07, 6.45) is 7.20. The van der Waals surface area contributed by atoms with Gasteiger partial charge in [-0.25, -0.2) is 13.4 Å². The number of nitrogens with zero attached hydrogens (tertiary/aromatic N) is 4. The highest BCUT2D eigenvalue weighted by molar-refractivity contribution is 7.95. The third-order valence-corrected chi connectivity index (χ3v) is 8.49. The van der Waals surface area contributed by atoms with Crippen LogP contribution >= 0.6 is 12.1 Å². The number of ether oxygens (including phenoxy) is 2. The number of aromatic nitrogens is 2. The molecular formula is C26H36FN5O2S. The molecule has 0 bridgehead atoms. The number of rotatable bonds is 8. The fourth-order valence-electron chi connectivity index (χ4n) is 5.39. The average Bonchev–Trinajstić information content (AvgIpc) is 2.92. The maximum Gasteiger partial charge on any atom is 0.151 e. The molecule has 1 N–H and O–H groups in total. The molecule has 2 aliphatic heterocycles. The summed E-state index contributed by atoms with van der Waals surface area (Å²) in [6.45, 7) is 6.08. The molecular weight excluding hydrogens is 465 g/mol. The largest absolute Gasteiger partial charge is 0.379 e. The van der Waals surface area contributed by atoms with Gasteiger partial charge in [0, 0.05) is 56.5 Å². The first-order chi connectivity index (χ1) is 17.2. The molecule has 3 heterocycles. The summed E-state index contributed by atoms with van der Waals surface area (Å²) in [6, 6.07) is 11.4. The Labute approximate surface area is 212 Å². The lowest BCUT2D eigenvalue weighted by atomic mass is 9.82. The molecule has 3 aliphatic rings. The minimum atomic E-state index is -0.140. The van der Waals surface area contributed by atoms with Crippen LogP contribution in [0.15, 0.2) is 42.6 Å². The second kappa shape index (κ2) is 12.5. The van der Waals surface area contributed by atoms with Crippen molar-refractivity contribution in [1.29, 1.82) is 0 Å². The summed E-state index contributed by atoms with van der Waals surface area (Å²) in [5.74, 6) is 1.60. The second-order valence-corrected chi connectivity index (χ2v) is 10.7. The second-order valence-electron chi connectivity index (χ2n) is 9.80. The van der Waals surface area contributed by atoms with Crippen LogP contribution in [-0.2, 0) is 9.47 Å². The van der Waals surface area contributed by atoms with Gasteiger partial charge in [0.1, 0.15) is 5.82 Å². The molecule has 2 saturated heterocycles. The van der Waals surface area contributed by atoms with Gasteiger partial charge in [0.2, 0.25) is 0 Å². The van der Waals surface area contributed by atoms with Crippen LogP contribution in [0.1, 0.15) is 43.6 Å². The van der Waals surface area contributed by atoms with Gasteiger partial charge in [-0.05, 0) is 67.9 Å². The minimum Gasteiger partial charge on any atom is -0.379 e. The third kappa shape index (κ3) is 6.92. The normalized spacial score (nSPS) is 28.2. The zero-order chi connectivity index (χ0) is 23.9. The van der Waals surface area contributed by atoms with Crippen LogP contribution in [0.25, 0.3) is 0 Å². The van der Waals surface area contributed by atoms with E-state index < -0.39 is 0 Å². The van der Waals surface area contributed by atoms with Crippen LogP contribution in [0.4, 0.5) is 10.2 Å². The lowest BCUT2D eigenvalue weighted by molar-refractivity contribution is -0.00212. The smallest absolute Gasteiger partial charge is 0.151 e. The molecule has 0 amide bonds. The SMILES string of the molecule is Fc1cccc(C2CCC(OC[C@@H]3CN(c4cccnn4)CCC3NSN3CCOCC3)CC2)c1. The lowest BCUT2D eigenvalue weighted by Crippen LogP contribution is -2.51. The van der Waals surface area contributed by atoms with E-state index in [-0.39, 0.29) is 11.9 Å². The Balaban J connectivity index is 1.15. The first-order valence-corrected chi connectivity index (χ1v) is 13.7. The van der Waals surface area contributed by atoms with Gasteiger partial charge in [-0.15, -0.1) is 5.10 Å². The first kappa shape index (κ1) is 24.9. The third-order valence-electron chi connectivity index (χ3n) is 7.46. The van der Waals surface area contributed by atoms with E-state index in [1.54, 1.807) is 24.4 Å². The van der Waals surface area contributed by atoms with Gasteiger partial charge in [0.15, 0.2) is 5.82 Å². The maximum atomic E-state index is 13.6.